The van der Waals surface area contributed by atoms with Gasteiger partial charge in [-0.05, 0) is 24.3 Å². The van der Waals surface area contributed by atoms with Crippen LogP contribution >= 0.6 is 23.2 Å². The number of hydrogen-bond acceptors (Lipinski definition) is 3. The monoisotopic (exact) mass is 369 g/mol. The zero-order valence-corrected chi connectivity index (χ0v) is 14.8. The van der Waals surface area contributed by atoms with Crippen molar-refractivity contribution in [2.75, 3.05) is 0 Å². The van der Waals surface area contributed by atoms with Crippen molar-refractivity contribution in [2.24, 2.45) is 4.99 Å². The quantitative estimate of drug-likeness (QED) is 0.612. The highest BCUT2D eigenvalue weighted by molar-refractivity contribution is 6.36. The van der Waals surface area contributed by atoms with Gasteiger partial charge in [-0.3, -0.25) is 14.4 Å². The molecular weight excluding hydrogens is 357 g/mol. The highest BCUT2D eigenvalue weighted by Gasteiger charge is 2.24. The molecule has 0 unspecified atom stereocenters. The number of Topliss-reactive ketones (excluding diaryl/α,β-unsaturated/α-hetero) is 1. The fourth-order valence-corrected chi connectivity index (χ4v) is 3.45. The maximum absolute atomic E-state index is 11.9. The Bertz CT molecular complexity index is 1040. The lowest BCUT2D eigenvalue weighted by molar-refractivity contribution is 0.101. The minimum Gasteiger partial charge on any atom is -0.300 e. The summed E-state index contributed by atoms with van der Waals surface area (Å²) in [6.45, 7) is 1.84. The maximum atomic E-state index is 11.9. The van der Waals surface area contributed by atoms with E-state index in [9.17, 15) is 4.79 Å². The Morgan fingerprint density at radius 1 is 1.12 bits per heavy atom. The minimum absolute atomic E-state index is 0.0827. The molecule has 2 heterocycles. The molecule has 4 rings (SSSR count). The first-order valence-electron chi connectivity index (χ1n) is 7.73. The highest BCUT2D eigenvalue weighted by atomic mass is 35.5. The summed E-state index contributed by atoms with van der Waals surface area (Å²) in [5, 5.41) is 1.22. The van der Waals surface area contributed by atoms with Crippen LogP contribution in [0.4, 0.5) is 0 Å². The fourth-order valence-electron chi connectivity index (χ4n) is 3.06. The Kier molecular flexibility index (Phi) is 3.94. The van der Waals surface area contributed by atoms with Crippen molar-refractivity contribution in [1.29, 1.82) is 0 Å². The number of rotatable bonds is 2. The van der Waals surface area contributed by atoms with Crippen LogP contribution in [0.1, 0.15) is 34.2 Å². The number of imidazole rings is 1. The molecule has 2 aromatic carbocycles. The molecule has 25 heavy (non-hydrogen) atoms. The standard InChI is InChI=1S/C19H13Cl2N3O/c1-11(25)18-17-9-22-19(13-4-2-3-5-15(13)21)14-8-12(20)6-7-16(14)24(17)10-23-18/h2-8,10H,9H2,1H3. The highest BCUT2D eigenvalue weighted by Crippen LogP contribution is 2.30. The molecule has 6 heteroatoms. The predicted octanol–water partition coefficient (Wildman–Crippen LogP) is 4.73. The van der Waals surface area contributed by atoms with Gasteiger partial charge in [0.25, 0.3) is 0 Å². The summed E-state index contributed by atoms with van der Waals surface area (Å²) in [4.78, 5) is 20.9. The summed E-state index contributed by atoms with van der Waals surface area (Å²) in [5.41, 5.74) is 4.50. The molecule has 0 spiro atoms. The van der Waals surface area contributed by atoms with E-state index in [1.807, 2.05) is 47.0 Å². The van der Waals surface area contributed by atoms with Crippen molar-refractivity contribution in [3.8, 4) is 5.69 Å². The molecule has 1 aliphatic rings. The van der Waals surface area contributed by atoms with E-state index in [0.717, 1.165) is 28.2 Å². The van der Waals surface area contributed by atoms with Crippen molar-refractivity contribution in [2.45, 2.75) is 13.5 Å². The van der Waals surface area contributed by atoms with Crippen LogP contribution in [0, 0.1) is 0 Å². The van der Waals surface area contributed by atoms with E-state index < -0.39 is 0 Å². The van der Waals surface area contributed by atoms with Gasteiger partial charge in [0.2, 0.25) is 0 Å². The lowest BCUT2D eigenvalue weighted by Gasteiger charge is -2.13. The number of carbonyl (C=O) groups excluding carboxylic acids is 1. The first-order valence-corrected chi connectivity index (χ1v) is 8.48. The Morgan fingerprint density at radius 3 is 2.68 bits per heavy atom. The van der Waals surface area contributed by atoms with E-state index >= 15 is 0 Å². The first-order chi connectivity index (χ1) is 12.1. The van der Waals surface area contributed by atoms with Gasteiger partial charge in [-0.1, -0.05) is 41.4 Å². The third kappa shape index (κ3) is 2.68. The SMILES string of the molecule is CC(=O)c1ncn2c1CN=C(c1ccccc1Cl)c1cc(Cl)ccc1-2. The molecule has 3 aromatic rings. The number of benzene rings is 2. The molecule has 0 bridgehead atoms. The molecule has 0 radical (unpaired) electrons. The number of aromatic nitrogens is 2. The van der Waals surface area contributed by atoms with E-state index in [1.165, 1.54) is 6.92 Å². The molecular formula is C19H13Cl2N3O. The van der Waals surface area contributed by atoms with Crippen molar-refractivity contribution >= 4 is 34.7 Å². The van der Waals surface area contributed by atoms with Crippen LogP contribution in [0.15, 0.2) is 53.8 Å². The number of hydrogen-bond donors (Lipinski definition) is 0. The van der Waals surface area contributed by atoms with Gasteiger partial charge in [-0.15, -0.1) is 0 Å². The topological polar surface area (TPSA) is 47.2 Å². The smallest absolute Gasteiger partial charge is 0.180 e. The van der Waals surface area contributed by atoms with Gasteiger partial charge >= 0.3 is 0 Å². The van der Waals surface area contributed by atoms with E-state index in [0.29, 0.717) is 22.3 Å². The molecule has 0 N–H and O–H groups in total. The molecule has 0 aliphatic carbocycles. The molecule has 0 amide bonds. The summed E-state index contributed by atoms with van der Waals surface area (Å²) in [6.07, 6.45) is 1.66. The fraction of sp³-hybridized carbons (Fsp3) is 0.105. The largest absolute Gasteiger partial charge is 0.300 e. The second-order valence-corrected chi connectivity index (χ2v) is 6.62. The normalized spacial score (nSPS) is 12.8. The molecule has 0 fully saturated rings. The van der Waals surface area contributed by atoms with Gasteiger partial charge in [0.1, 0.15) is 12.0 Å². The van der Waals surface area contributed by atoms with Gasteiger partial charge in [0.05, 0.1) is 23.6 Å². The van der Waals surface area contributed by atoms with Crippen molar-refractivity contribution in [3.63, 3.8) is 0 Å². The number of fused-ring (bicyclic) bond motifs is 3. The van der Waals surface area contributed by atoms with E-state index in [-0.39, 0.29) is 5.78 Å². The van der Waals surface area contributed by atoms with Crippen LogP contribution in [-0.2, 0) is 6.54 Å². The molecule has 124 valence electrons. The maximum Gasteiger partial charge on any atom is 0.180 e. The minimum atomic E-state index is -0.0827. The number of aliphatic imine (C=N–C) groups is 1. The van der Waals surface area contributed by atoms with Gasteiger partial charge in [0.15, 0.2) is 5.78 Å². The van der Waals surface area contributed by atoms with Gasteiger partial charge in [0, 0.05) is 28.1 Å². The number of halogens is 2. The van der Waals surface area contributed by atoms with Gasteiger partial charge < -0.3 is 0 Å². The Morgan fingerprint density at radius 2 is 1.92 bits per heavy atom. The second kappa shape index (κ2) is 6.14. The van der Waals surface area contributed by atoms with E-state index in [1.54, 1.807) is 6.33 Å². The molecule has 4 nitrogen and oxygen atoms in total. The first kappa shape index (κ1) is 16.1. The van der Waals surface area contributed by atoms with Crippen LogP contribution in [0.25, 0.3) is 5.69 Å². The third-order valence-electron chi connectivity index (χ3n) is 4.19. The summed E-state index contributed by atoms with van der Waals surface area (Å²) in [5.74, 6) is -0.0827. The molecule has 1 aliphatic heterocycles. The number of carbonyl (C=O) groups is 1. The van der Waals surface area contributed by atoms with Gasteiger partial charge in [-0.2, -0.15) is 0 Å². The number of nitrogens with zero attached hydrogens (tertiary/aromatic N) is 3. The van der Waals surface area contributed by atoms with Gasteiger partial charge in [-0.25, -0.2) is 4.98 Å². The van der Waals surface area contributed by atoms with E-state index in [2.05, 4.69) is 4.98 Å². The van der Waals surface area contributed by atoms with Crippen LogP contribution in [0.2, 0.25) is 10.0 Å². The summed E-state index contributed by atoms with van der Waals surface area (Å²) in [7, 11) is 0. The van der Waals surface area contributed by atoms with Crippen LogP contribution in [0.5, 0.6) is 0 Å². The lowest BCUT2D eigenvalue weighted by Crippen LogP contribution is -2.07. The van der Waals surface area contributed by atoms with Crippen LogP contribution in [0.3, 0.4) is 0 Å². The molecule has 1 aromatic heterocycles. The third-order valence-corrected chi connectivity index (χ3v) is 4.75. The summed E-state index contributed by atoms with van der Waals surface area (Å²) >= 11 is 12.6. The van der Waals surface area contributed by atoms with Crippen molar-refractivity contribution in [1.82, 2.24) is 9.55 Å². The zero-order valence-electron chi connectivity index (χ0n) is 13.3. The van der Waals surface area contributed by atoms with E-state index in [4.69, 9.17) is 28.2 Å². The number of ketones is 1. The van der Waals surface area contributed by atoms with Crippen LogP contribution in [-0.4, -0.2) is 21.0 Å². The van der Waals surface area contributed by atoms with Crippen LogP contribution < -0.4 is 0 Å². The molecule has 0 atom stereocenters. The summed E-state index contributed by atoms with van der Waals surface area (Å²) < 4.78 is 1.90. The predicted molar refractivity (Wildman–Crippen MR) is 99.4 cm³/mol. The Hall–Kier alpha value is -2.43. The average molecular weight is 370 g/mol. The Balaban J connectivity index is 2.01. The van der Waals surface area contributed by atoms with Crippen molar-refractivity contribution < 1.29 is 4.79 Å². The average Bonchev–Trinajstić information content (AvgIpc) is 2.94. The lowest BCUT2D eigenvalue weighted by atomic mass is 10.0. The molecule has 0 saturated carbocycles. The van der Waals surface area contributed by atoms with Crippen molar-refractivity contribution in [3.05, 3.63) is 81.4 Å². The molecule has 0 saturated heterocycles. The summed E-state index contributed by atoms with van der Waals surface area (Å²) in [6, 6.07) is 13.1. The zero-order chi connectivity index (χ0) is 17.6. The Labute approximate surface area is 154 Å². The second-order valence-electron chi connectivity index (χ2n) is 5.77.